The van der Waals surface area contributed by atoms with Crippen LogP contribution in [0.3, 0.4) is 0 Å². The highest BCUT2D eigenvalue weighted by atomic mass is 79.9. The van der Waals surface area contributed by atoms with Crippen molar-refractivity contribution in [3.05, 3.63) is 24.3 Å². The predicted octanol–water partition coefficient (Wildman–Crippen LogP) is 3.18. The van der Waals surface area contributed by atoms with Crippen molar-refractivity contribution in [3.63, 3.8) is 0 Å². The monoisotopic (exact) mass is 295 g/mol. The zero-order chi connectivity index (χ0) is 12.4. The lowest BCUT2D eigenvalue weighted by Crippen LogP contribution is -2.34. The molecular weight excluding hydrogens is 278 g/mol. The summed E-state index contributed by atoms with van der Waals surface area (Å²) in [6.45, 7) is 5.36. The summed E-state index contributed by atoms with van der Waals surface area (Å²) in [5.41, 5.74) is 2.24. The Bertz CT molecular complexity index is 504. The van der Waals surface area contributed by atoms with Crippen LogP contribution in [-0.2, 0) is 7.05 Å². The van der Waals surface area contributed by atoms with Gasteiger partial charge in [-0.15, -0.1) is 0 Å². The van der Waals surface area contributed by atoms with E-state index in [1.807, 2.05) is 6.07 Å². The minimum atomic E-state index is 0.447. The number of alkyl halides is 1. The largest absolute Gasteiger partial charge is 0.339 e. The lowest BCUT2D eigenvalue weighted by atomic mass is 10.3. The molecule has 0 saturated carbocycles. The Labute approximate surface area is 111 Å². The Morgan fingerprint density at radius 1 is 1.35 bits per heavy atom. The van der Waals surface area contributed by atoms with Crippen LogP contribution in [0.15, 0.2) is 24.3 Å². The SMILES string of the molecule is CC(C)N(CCBr)c1nc2ccccc2n1C. The molecule has 4 heteroatoms. The minimum Gasteiger partial charge on any atom is -0.339 e. The molecule has 2 aromatic rings. The summed E-state index contributed by atoms with van der Waals surface area (Å²) in [5, 5.41) is 0.953. The lowest BCUT2D eigenvalue weighted by Gasteiger charge is -2.26. The van der Waals surface area contributed by atoms with E-state index >= 15 is 0 Å². The molecule has 0 atom stereocenters. The second-order valence-electron chi connectivity index (χ2n) is 4.44. The molecule has 0 bridgehead atoms. The van der Waals surface area contributed by atoms with Crippen molar-refractivity contribution in [1.29, 1.82) is 0 Å². The van der Waals surface area contributed by atoms with Crippen molar-refractivity contribution >= 4 is 32.9 Å². The number of para-hydroxylation sites is 2. The minimum absolute atomic E-state index is 0.447. The van der Waals surface area contributed by atoms with Crippen molar-refractivity contribution < 1.29 is 0 Å². The number of nitrogens with zero attached hydrogens (tertiary/aromatic N) is 3. The molecule has 17 heavy (non-hydrogen) atoms. The number of rotatable bonds is 4. The van der Waals surface area contributed by atoms with Crippen LogP contribution in [0, 0.1) is 0 Å². The van der Waals surface area contributed by atoms with Gasteiger partial charge in [0.1, 0.15) is 0 Å². The fourth-order valence-electron chi connectivity index (χ4n) is 2.07. The molecule has 0 amide bonds. The maximum atomic E-state index is 4.72. The highest BCUT2D eigenvalue weighted by Gasteiger charge is 2.16. The lowest BCUT2D eigenvalue weighted by molar-refractivity contribution is 0.671. The second kappa shape index (κ2) is 5.08. The van der Waals surface area contributed by atoms with E-state index in [0.29, 0.717) is 6.04 Å². The number of hydrogen-bond acceptors (Lipinski definition) is 2. The standard InChI is InChI=1S/C13H18BrN3/c1-10(2)17(9-8-14)13-15-11-6-4-5-7-12(11)16(13)3/h4-7,10H,8-9H2,1-3H3. The summed E-state index contributed by atoms with van der Waals surface area (Å²) >= 11 is 3.51. The van der Waals surface area contributed by atoms with Gasteiger partial charge in [0.25, 0.3) is 0 Å². The fraction of sp³-hybridized carbons (Fsp3) is 0.462. The average Bonchev–Trinajstić information content (AvgIpc) is 2.64. The first-order valence-corrected chi connectivity index (χ1v) is 7.01. The highest BCUT2D eigenvalue weighted by Crippen LogP contribution is 2.22. The van der Waals surface area contributed by atoms with E-state index in [1.165, 1.54) is 5.52 Å². The van der Waals surface area contributed by atoms with Crippen molar-refractivity contribution in [2.45, 2.75) is 19.9 Å². The van der Waals surface area contributed by atoms with Crippen LogP contribution in [0.25, 0.3) is 11.0 Å². The number of fused-ring (bicyclic) bond motifs is 1. The number of halogens is 1. The molecule has 0 aliphatic rings. The van der Waals surface area contributed by atoms with Crippen LogP contribution in [0.2, 0.25) is 0 Å². The Morgan fingerprint density at radius 2 is 2.06 bits per heavy atom. The van der Waals surface area contributed by atoms with Gasteiger partial charge < -0.3 is 9.47 Å². The summed E-state index contributed by atoms with van der Waals surface area (Å²) < 4.78 is 2.16. The molecule has 1 aromatic heterocycles. The molecule has 2 rings (SSSR count). The quantitative estimate of drug-likeness (QED) is 0.808. The first kappa shape index (κ1) is 12.4. The van der Waals surface area contributed by atoms with Gasteiger partial charge in [-0.2, -0.15) is 0 Å². The molecule has 0 aliphatic carbocycles. The molecule has 0 spiro atoms. The predicted molar refractivity (Wildman–Crippen MR) is 77.0 cm³/mol. The van der Waals surface area contributed by atoms with Crippen LogP contribution in [-0.4, -0.2) is 27.5 Å². The first-order chi connectivity index (χ1) is 8.15. The third-order valence-electron chi connectivity index (χ3n) is 2.97. The van der Waals surface area contributed by atoms with Crippen molar-refractivity contribution in [2.24, 2.45) is 7.05 Å². The van der Waals surface area contributed by atoms with E-state index in [2.05, 4.69) is 64.5 Å². The van der Waals surface area contributed by atoms with Gasteiger partial charge >= 0.3 is 0 Å². The van der Waals surface area contributed by atoms with E-state index < -0.39 is 0 Å². The smallest absolute Gasteiger partial charge is 0.206 e. The molecular formula is C13H18BrN3. The van der Waals surface area contributed by atoms with Crippen LogP contribution in [0.5, 0.6) is 0 Å². The molecule has 92 valence electrons. The first-order valence-electron chi connectivity index (χ1n) is 5.89. The molecule has 1 aromatic carbocycles. The Balaban J connectivity index is 2.49. The maximum absolute atomic E-state index is 4.72. The van der Waals surface area contributed by atoms with Gasteiger partial charge in [0, 0.05) is 25.0 Å². The number of imidazole rings is 1. The number of aryl methyl sites for hydroxylation is 1. The van der Waals surface area contributed by atoms with Gasteiger partial charge in [0.15, 0.2) is 0 Å². The second-order valence-corrected chi connectivity index (χ2v) is 5.23. The van der Waals surface area contributed by atoms with E-state index in [9.17, 15) is 0 Å². The molecule has 0 radical (unpaired) electrons. The van der Waals surface area contributed by atoms with Crippen LogP contribution in [0.4, 0.5) is 5.95 Å². The number of benzene rings is 1. The van der Waals surface area contributed by atoms with Crippen LogP contribution < -0.4 is 4.90 Å². The Hall–Kier alpha value is -1.03. The normalized spacial score (nSPS) is 11.4. The summed E-state index contributed by atoms with van der Waals surface area (Å²) in [4.78, 5) is 7.03. The summed E-state index contributed by atoms with van der Waals surface area (Å²) in [7, 11) is 2.08. The maximum Gasteiger partial charge on any atom is 0.206 e. The molecule has 3 nitrogen and oxygen atoms in total. The Morgan fingerprint density at radius 3 is 2.65 bits per heavy atom. The summed E-state index contributed by atoms with van der Waals surface area (Å²) in [6.07, 6.45) is 0. The van der Waals surface area contributed by atoms with Crippen molar-refractivity contribution in [3.8, 4) is 0 Å². The van der Waals surface area contributed by atoms with E-state index in [0.717, 1.165) is 23.3 Å². The van der Waals surface area contributed by atoms with Gasteiger partial charge in [0.2, 0.25) is 5.95 Å². The molecule has 0 unspecified atom stereocenters. The average molecular weight is 296 g/mol. The molecule has 1 heterocycles. The van der Waals surface area contributed by atoms with Crippen LogP contribution in [0.1, 0.15) is 13.8 Å². The van der Waals surface area contributed by atoms with E-state index in [4.69, 9.17) is 4.98 Å². The van der Waals surface area contributed by atoms with Gasteiger partial charge in [0.05, 0.1) is 11.0 Å². The zero-order valence-electron chi connectivity index (χ0n) is 10.5. The fourth-order valence-corrected chi connectivity index (χ4v) is 2.45. The third kappa shape index (κ3) is 2.32. The third-order valence-corrected chi connectivity index (χ3v) is 3.32. The van der Waals surface area contributed by atoms with Gasteiger partial charge in [-0.3, -0.25) is 0 Å². The molecule has 0 fully saturated rings. The number of hydrogen-bond donors (Lipinski definition) is 0. The molecule has 0 aliphatic heterocycles. The molecule has 0 saturated heterocycles. The van der Waals surface area contributed by atoms with Gasteiger partial charge in [-0.1, -0.05) is 28.1 Å². The van der Waals surface area contributed by atoms with Gasteiger partial charge in [-0.25, -0.2) is 4.98 Å². The van der Waals surface area contributed by atoms with Gasteiger partial charge in [-0.05, 0) is 26.0 Å². The van der Waals surface area contributed by atoms with E-state index in [-0.39, 0.29) is 0 Å². The van der Waals surface area contributed by atoms with Crippen LogP contribution >= 0.6 is 15.9 Å². The summed E-state index contributed by atoms with van der Waals surface area (Å²) in [6, 6.07) is 8.70. The topological polar surface area (TPSA) is 21.1 Å². The zero-order valence-corrected chi connectivity index (χ0v) is 12.1. The molecule has 0 N–H and O–H groups in total. The van der Waals surface area contributed by atoms with Crippen molar-refractivity contribution in [1.82, 2.24) is 9.55 Å². The number of aromatic nitrogens is 2. The van der Waals surface area contributed by atoms with Crippen molar-refractivity contribution in [2.75, 3.05) is 16.8 Å². The summed E-state index contributed by atoms with van der Waals surface area (Å²) in [5.74, 6) is 1.04. The van der Waals surface area contributed by atoms with E-state index in [1.54, 1.807) is 0 Å². The number of anilines is 1. The Kier molecular flexibility index (Phi) is 3.72. The highest BCUT2D eigenvalue weighted by molar-refractivity contribution is 9.09.